The van der Waals surface area contributed by atoms with Gasteiger partial charge in [0.05, 0.1) is 0 Å². The number of nitrogen functional groups attached to an aromatic ring is 1. The molecule has 0 aromatic carbocycles. The van der Waals surface area contributed by atoms with E-state index in [2.05, 4.69) is 37.0 Å². The van der Waals surface area contributed by atoms with Crippen LogP contribution in [0.4, 0.5) is 23.1 Å². The van der Waals surface area contributed by atoms with E-state index in [4.69, 9.17) is 5.73 Å². The van der Waals surface area contributed by atoms with Crippen molar-refractivity contribution in [3.8, 4) is 0 Å². The molecule has 23 heavy (non-hydrogen) atoms. The number of rotatable bonds is 5. The molecule has 0 saturated carbocycles. The Kier molecular flexibility index (Phi) is 4.75. The maximum absolute atomic E-state index is 6.25. The van der Waals surface area contributed by atoms with Gasteiger partial charge in [-0.25, -0.2) is 15.0 Å². The molecule has 1 saturated heterocycles. The molecule has 3 N–H and O–H groups in total. The number of hydrogen-bond acceptors (Lipinski definition) is 7. The molecule has 122 valence electrons. The van der Waals surface area contributed by atoms with Crippen LogP contribution in [0, 0.1) is 0 Å². The molecule has 1 aliphatic heterocycles. The van der Waals surface area contributed by atoms with E-state index in [1.165, 1.54) is 0 Å². The first-order valence-corrected chi connectivity index (χ1v) is 8.05. The molecule has 3 rings (SSSR count). The highest BCUT2D eigenvalue weighted by Crippen LogP contribution is 2.27. The van der Waals surface area contributed by atoms with Crippen LogP contribution in [0.1, 0.15) is 13.3 Å². The monoisotopic (exact) mass is 313 g/mol. The molecule has 2 aromatic rings. The predicted octanol–water partition coefficient (Wildman–Crippen LogP) is 1.60. The summed E-state index contributed by atoms with van der Waals surface area (Å²) in [5.41, 5.74) is 6.88. The van der Waals surface area contributed by atoms with Crippen molar-refractivity contribution in [2.24, 2.45) is 0 Å². The van der Waals surface area contributed by atoms with Crippen LogP contribution < -0.4 is 20.9 Å². The van der Waals surface area contributed by atoms with Crippen molar-refractivity contribution in [2.75, 3.05) is 53.6 Å². The fourth-order valence-corrected chi connectivity index (χ4v) is 2.71. The Hall–Kier alpha value is -2.57. The Labute approximate surface area is 136 Å². The zero-order valence-electron chi connectivity index (χ0n) is 13.4. The second-order valence-electron chi connectivity index (χ2n) is 5.55. The zero-order chi connectivity index (χ0) is 16.1. The van der Waals surface area contributed by atoms with Gasteiger partial charge in [0.15, 0.2) is 11.6 Å². The Balaban J connectivity index is 1.68. The van der Waals surface area contributed by atoms with Crippen LogP contribution in [0.25, 0.3) is 0 Å². The number of nitrogens with two attached hydrogens (primary N) is 1. The van der Waals surface area contributed by atoms with Crippen molar-refractivity contribution in [3.05, 3.63) is 30.7 Å². The van der Waals surface area contributed by atoms with E-state index in [1.807, 2.05) is 24.4 Å². The quantitative estimate of drug-likeness (QED) is 0.867. The van der Waals surface area contributed by atoms with Gasteiger partial charge in [0.2, 0.25) is 0 Å². The summed E-state index contributed by atoms with van der Waals surface area (Å²) in [6.07, 6.45) is 4.44. The van der Waals surface area contributed by atoms with Gasteiger partial charge in [-0.1, -0.05) is 13.0 Å². The maximum atomic E-state index is 6.25. The first-order chi connectivity index (χ1) is 11.3. The van der Waals surface area contributed by atoms with Gasteiger partial charge in [-0.05, 0) is 18.6 Å². The third-order valence-electron chi connectivity index (χ3n) is 3.96. The Bertz CT molecular complexity index is 624. The molecule has 0 bridgehead atoms. The van der Waals surface area contributed by atoms with E-state index in [1.54, 1.807) is 6.33 Å². The molecule has 0 spiro atoms. The molecule has 0 unspecified atom stereocenters. The highest BCUT2D eigenvalue weighted by molar-refractivity contribution is 5.75. The molecule has 0 aliphatic carbocycles. The Morgan fingerprint density at radius 1 is 1.09 bits per heavy atom. The number of nitrogens with zero attached hydrogens (tertiary/aromatic N) is 5. The summed E-state index contributed by atoms with van der Waals surface area (Å²) in [4.78, 5) is 17.5. The SMILES string of the molecule is CCCNc1ncnc(N2CCN(c3ccccn3)CC2)c1N. The van der Waals surface area contributed by atoms with E-state index >= 15 is 0 Å². The van der Waals surface area contributed by atoms with E-state index < -0.39 is 0 Å². The van der Waals surface area contributed by atoms with E-state index in [0.717, 1.165) is 56.6 Å². The van der Waals surface area contributed by atoms with Crippen molar-refractivity contribution < 1.29 is 0 Å². The van der Waals surface area contributed by atoms with Crippen molar-refractivity contribution in [2.45, 2.75) is 13.3 Å². The lowest BCUT2D eigenvalue weighted by molar-refractivity contribution is 0.642. The second kappa shape index (κ2) is 7.13. The molecule has 7 heteroatoms. The normalized spacial score (nSPS) is 14.8. The minimum atomic E-state index is 0.632. The molecular formula is C16H23N7. The topological polar surface area (TPSA) is 83.2 Å². The van der Waals surface area contributed by atoms with Crippen molar-refractivity contribution in [1.82, 2.24) is 15.0 Å². The van der Waals surface area contributed by atoms with Gasteiger partial charge in [-0.3, -0.25) is 0 Å². The summed E-state index contributed by atoms with van der Waals surface area (Å²) in [7, 11) is 0. The largest absolute Gasteiger partial charge is 0.393 e. The molecule has 7 nitrogen and oxygen atoms in total. The molecule has 3 heterocycles. The van der Waals surface area contributed by atoms with Crippen molar-refractivity contribution in [1.29, 1.82) is 0 Å². The van der Waals surface area contributed by atoms with Crippen molar-refractivity contribution in [3.63, 3.8) is 0 Å². The standard InChI is InChI=1S/C16H23N7/c1-2-6-19-15-14(17)16(21-12-20-15)23-10-8-22(9-11-23)13-5-3-4-7-18-13/h3-5,7,12H,2,6,8-11,17H2,1H3,(H,19,20,21). The van der Waals surface area contributed by atoms with E-state index in [-0.39, 0.29) is 0 Å². The summed E-state index contributed by atoms with van der Waals surface area (Å²) in [6, 6.07) is 6.00. The first-order valence-electron chi connectivity index (χ1n) is 8.05. The van der Waals surface area contributed by atoms with Crippen LogP contribution >= 0.6 is 0 Å². The zero-order valence-corrected chi connectivity index (χ0v) is 13.4. The maximum Gasteiger partial charge on any atom is 0.157 e. The smallest absolute Gasteiger partial charge is 0.157 e. The number of aromatic nitrogens is 3. The summed E-state index contributed by atoms with van der Waals surface area (Å²) in [5.74, 6) is 2.57. The first kappa shape index (κ1) is 15.3. The fraction of sp³-hybridized carbons (Fsp3) is 0.438. The van der Waals surface area contributed by atoms with Crippen LogP contribution in [0.5, 0.6) is 0 Å². The van der Waals surface area contributed by atoms with Gasteiger partial charge in [0.1, 0.15) is 17.8 Å². The second-order valence-corrected chi connectivity index (χ2v) is 5.55. The number of piperazine rings is 1. The fourth-order valence-electron chi connectivity index (χ4n) is 2.71. The van der Waals surface area contributed by atoms with Gasteiger partial charge in [0, 0.05) is 38.9 Å². The number of anilines is 4. The molecule has 2 aromatic heterocycles. The third kappa shape index (κ3) is 3.44. The van der Waals surface area contributed by atoms with E-state index in [9.17, 15) is 0 Å². The number of nitrogens with one attached hydrogen (secondary N) is 1. The van der Waals surface area contributed by atoms with Gasteiger partial charge >= 0.3 is 0 Å². The van der Waals surface area contributed by atoms with Gasteiger partial charge in [0.25, 0.3) is 0 Å². The molecule has 0 radical (unpaired) electrons. The lowest BCUT2D eigenvalue weighted by atomic mass is 10.3. The molecule has 0 atom stereocenters. The number of hydrogen-bond donors (Lipinski definition) is 2. The highest BCUT2D eigenvalue weighted by atomic mass is 15.3. The highest BCUT2D eigenvalue weighted by Gasteiger charge is 2.21. The molecular weight excluding hydrogens is 290 g/mol. The molecule has 0 amide bonds. The van der Waals surface area contributed by atoms with Crippen LogP contribution in [0.3, 0.4) is 0 Å². The summed E-state index contributed by atoms with van der Waals surface area (Å²) in [5, 5.41) is 3.25. The average Bonchev–Trinajstić information content (AvgIpc) is 2.62. The summed E-state index contributed by atoms with van der Waals surface area (Å²) < 4.78 is 0. The van der Waals surface area contributed by atoms with Gasteiger partial charge < -0.3 is 20.9 Å². The third-order valence-corrected chi connectivity index (χ3v) is 3.96. The molecule has 1 aliphatic rings. The predicted molar refractivity (Wildman–Crippen MR) is 93.9 cm³/mol. The lowest BCUT2D eigenvalue weighted by Gasteiger charge is -2.36. The average molecular weight is 313 g/mol. The Morgan fingerprint density at radius 3 is 2.57 bits per heavy atom. The summed E-state index contributed by atoms with van der Waals surface area (Å²) in [6.45, 7) is 6.50. The Morgan fingerprint density at radius 2 is 1.87 bits per heavy atom. The van der Waals surface area contributed by atoms with E-state index in [0.29, 0.717) is 5.69 Å². The lowest BCUT2D eigenvalue weighted by Crippen LogP contribution is -2.47. The van der Waals surface area contributed by atoms with Gasteiger partial charge in [-0.2, -0.15) is 0 Å². The minimum Gasteiger partial charge on any atom is -0.393 e. The van der Waals surface area contributed by atoms with Crippen LogP contribution in [-0.4, -0.2) is 47.7 Å². The van der Waals surface area contributed by atoms with Crippen LogP contribution in [0.2, 0.25) is 0 Å². The molecule has 1 fully saturated rings. The number of pyridine rings is 1. The minimum absolute atomic E-state index is 0.632. The van der Waals surface area contributed by atoms with Gasteiger partial charge in [-0.15, -0.1) is 0 Å². The summed E-state index contributed by atoms with van der Waals surface area (Å²) >= 11 is 0. The van der Waals surface area contributed by atoms with Crippen LogP contribution in [0.15, 0.2) is 30.7 Å². The van der Waals surface area contributed by atoms with Crippen molar-refractivity contribution >= 4 is 23.1 Å². The van der Waals surface area contributed by atoms with Crippen LogP contribution in [-0.2, 0) is 0 Å².